The molecule has 0 radical (unpaired) electrons. The molecule has 3 heteroatoms. The van der Waals surface area contributed by atoms with Crippen molar-refractivity contribution in [2.45, 2.75) is 44.4 Å². The molecule has 82 valence electrons. The van der Waals surface area contributed by atoms with Crippen LogP contribution in [-0.4, -0.2) is 22.2 Å². The Kier molecular flexibility index (Phi) is 3.34. The molecule has 0 aliphatic heterocycles. The monoisotopic (exact) mass is 206 g/mol. The van der Waals surface area contributed by atoms with Crippen LogP contribution in [0.1, 0.15) is 37.8 Å². The zero-order valence-electron chi connectivity index (χ0n) is 9.06. The molecule has 1 fully saturated rings. The van der Waals surface area contributed by atoms with E-state index in [1.807, 2.05) is 12.3 Å². The number of aliphatic hydroxyl groups excluding tert-OH is 1. The minimum absolute atomic E-state index is 0.177. The fraction of sp³-hybridized carbons (Fsp3) is 0.583. The van der Waals surface area contributed by atoms with E-state index in [0.717, 1.165) is 19.3 Å². The molecule has 3 atom stereocenters. The van der Waals surface area contributed by atoms with E-state index < -0.39 is 0 Å². The van der Waals surface area contributed by atoms with Gasteiger partial charge in [0.2, 0.25) is 0 Å². The summed E-state index contributed by atoms with van der Waals surface area (Å²) in [6.45, 7) is 2.11. The van der Waals surface area contributed by atoms with Crippen molar-refractivity contribution < 1.29 is 5.11 Å². The Balaban J connectivity index is 1.95. The molecule has 15 heavy (non-hydrogen) atoms. The van der Waals surface area contributed by atoms with E-state index >= 15 is 0 Å². The van der Waals surface area contributed by atoms with E-state index in [4.69, 9.17) is 0 Å². The van der Waals surface area contributed by atoms with Crippen LogP contribution in [0.5, 0.6) is 0 Å². The van der Waals surface area contributed by atoms with Gasteiger partial charge in [0.05, 0.1) is 6.10 Å². The Morgan fingerprint density at radius 2 is 2.40 bits per heavy atom. The maximum absolute atomic E-state index is 9.71. The standard InChI is InChI=1S/C12H18N2O/c1-9(10-4-3-7-13-8-10)14-11-5-2-6-12(11)15/h3-4,7-9,11-12,14-15H,2,5-6H2,1H3/t9-,11-,12-/m0/s1. The van der Waals surface area contributed by atoms with Crippen LogP contribution < -0.4 is 5.32 Å². The average Bonchev–Trinajstić information content (AvgIpc) is 2.66. The molecule has 0 saturated heterocycles. The lowest BCUT2D eigenvalue weighted by molar-refractivity contribution is 0.144. The minimum Gasteiger partial charge on any atom is -0.392 e. The molecule has 0 amide bonds. The number of hydrogen-bond donors (Lipinski definition) is 2. The lowest BCUT2D eigenvalue weighted by Gasteiger charge is -2.22. The first kappa shape index (κ1) is 10.6. The SMILES string of the molecule is C[C@H](N[C@H]1CCC[C@@H]1O)c1cccnc1. The fourth-order valence-electron chi connectivity index (χ4n) is 2.18. The molecular formula is C12H18N2O. The van der Waals surface area contributed by atoms with Crippen molar-refractivity contribution in [1.29, 1.82) is 0 Å². The number of nitrogens with one attached hydrogen (secondary N) is 1. The van der Waals surface area contributed by atoms with Crippen LogP contribution in [0.15, 0.2) is 24.5 Å². The highest BCUT2D eigenvalue weighted by atomic mass is 16.3. The topological polar surface area (TPSA) is 45.1 Å². The van der Waals surface area contributed by atoms with Gasteiger partial charge in [0.1, 0.15) is 0 Å². The number of nitrogens with zero attached hydrogens (tertiary/aromatic N) is 1. The van der Waals surface area contributed by atoms with Crippen LogP contribution in [0.4, 0.5) is 0 Å². The number of aromatic nitrogens is 1. The molecule has 1 saturated carbocycles. The number of aliphatic hydroxyl groups is 1. The second kappa shape index (κ2) is 4.73. The van der Waals surface area contributed by atoms with Crippen molar-refractivity contribution in [3.8, 4) is 0 Å². The first-order chi connectivity index (χ1) is 7.27. The quantitative estimate of drug-likeness (QED) is 0.790. The van der Waals surface area contributed by atoms with Gasteiger partial charge >= 0.3 is 0 Å². The predicted molar refractivity (Wildman–Crippen MR) is 59.4 cm³/mol. The van der Waals surface area contributed by atoms with Crippen molar-refractivity contribution in [2.75, 3.05) is 0 Å². The van der Waals surface area contributed by atoms with Crippen LogP contribution >= 0.6 is 0 Å². The zero-order chi connectivity index (χ0) is 10.7. The van der Waals surface area contributed by atoms with Crippen molar-refractivity contribution in [3.63, 3.8) is 0 Å². The Hall–Kier alpha value is -0.930. The molecule has 1 heterocycles. The molecule has 2 rings (SSSR count). The number of rotatable bonds is 3. The Morgan fingerprint density at radius 1 is 1.53 bits per heavy atom. The largest absolute Gasteiger partial charge is 0.392 e. The molecule has 0 aromatic carbocycles. The number of hydrogen-bond acceptors (Lipinski definition) is 3. The van der Waals surface area contributed by atoms with Gasteiger partial charge in [0.25, 0.3) is 0 Å². The van der Waals surface area contributed by atoms with Gasteiger partial charge in [-0.15, -0.1) is 0 Å². The van der Waals surface area contributed by atoms with E-state index in [-0.39, 0.29) is 18.2 Å². The van der Waals surface area contributed by atoms with Gasteiger partial charge in [-0.05, 0) is 37.8 Å². The van der Waals surface area contributed by atoms with Crippen LogP contribution in [0.3, 0.4) is 0 Å². The normalized spacial score (nSPS) is 27.9. The van der Waals surface area contributed by atoms with E-state index in [2.05, 4.69) is 23.3 Å². The predicted octanol–water partition coefficient (Wildman–Crippen LogP) is 1.65. The van der Waals surface area contributed by atoms with Gasteiger partial charge < -0.3 is 10.4 Å². The number of pyridine rings is 1. The zero-order valence-corrected chi connectivity index (χ0v) is 9.06. The van der Waals surface area contributed by atoms with Crippen molar-refractivity contribution in [2.24, 2.45) is 0 Å². The highest BCUT2D eigenvalue weighted by Crippen LogP contribution is 2.22. The lowest BCUT2D eigenvalue weighted by atomic mass is 10.1. The van der Waals surface area contributed by atoms with E-state index in [9.17, 15) is 5.11 Å². The summed E-state index contributed by atoms with van der Waals surface area (Å²) in [5, 5.41) is 13.2. The minimum atomic E-state index is -0.177. The summed E-state index contributed by atoms with van der Waals surface area (Å²) in [4.78, 5) is 4.10. The second-order valence-corrected chi connectivity index (χ2v) is 4.28. The fourth-order valence-corrected chi connectivity index (χ4v) is 2.18. The van der Waals surface area contributed by atoms with E-state index in [1.54, 1.807) is 6.20 Å². The molecule has 1 aromatic heterocycles. The molecule has 1 aliphatic rings. The first-order valence-electron chi connectivity index (χ1n) is 5.61. The van der Waals surface area contributed by atoms with Gasteiger partial charge in [-0.2, -0.15) is 0 Å². The summed E-state index contributed by atoms with van der Waals surface area (Å²) in [5.74, 6) is 0. The summed E-state index contributed by atoms with van der Waals surface area (Å²) < 4.78 is 0. The van der Waals surface area contributed by atoms with Crippen LogP contribution in [0.2, 0.25) is 0 Å². The maximum Gasteiger partial charge on any atom is 0.0693 e. The van der Waals surface area contributed by atoms with Crippen LogP contribution in [-0.2, 0) is 0 Å². The maximum atomic E-state index is 9.71. The highest BCUT2D eigenvalue weighted by molar-refractivity contribution is 5.13. The first-order valence-corrected chi connectivity index (χ1v) is 5.61. The van der Waals surface area contributed by atoms with Crippen molar-refractivity contribution in [1.82, 2.24) is 10.3 Å². The molecule has 3 nitrogen and oxygen atoms in total. The molecule has 1 aliphatic carbocycles. The van der Waals surface area contributed by atoms with Crippen molar-refractivity contribution in [3.05, 3.63) is 30.1 Å². The third kappa shape index (κ3) is 2.55. The van der Waals surface area contributed by atoms with E-state index in [0.29, 0.717) is 0 Å². The smallest absolute Gasteiger partial charge is 0.0693 e. The average molecular weight is 206 g/mol. The van der Waals surface area contributed by atoms with Gasteiger partial charge in [-0.1, -0.05) is 6.07 Å². The van der Waals surface area contributed by atoms with Gasteiger partial charge in [0, 0.05) is 24.5 Å². The molecule has 2 N–H and O–H groups in total. The summed E-state index contributed by atoms with van der Waals surface area (Å²) in [7, 11) is 0. The Labute approximate surface area is 90.5 Å². The summed E-state index contributed by atoms with van der Waals surface area (Å²) in [6, 6.07) is 4.52. The third-order valence-electron chi connectivity index (χ3n) is 3.13. The Bertz CT molecular complexity index is 302. The second-order valence-electron chi connectivity index (χ2n) is 4.28. The molecule has 0 unspecified atom stereocenters. The summed E-state index contributed by atoms with van der Waals surface area (Å²) >= 11 is 0. The molecule has 0 bridgehead atoms. The third-order valence-corrected chi connectivity index (χ3v) is 3.13. The van der Waals surface area contributed by atoms with Gasteiger partial charge in [0.15, 0.2) is 0 Å². The molecule has 1 aromatic rings. The summed E-state index contributed by atoms with van der Waals surface area (Å²) in [6.07, 6.45) is 6.60. The van der Waals surface area contributed by atoms with Crippen LogP contribution in [0.25, 0.3) is 0 Å². The molecular weight excluding hydrogens is 188 g/mol. The lowest BCUT2D eigenvalue weighted by Crippen LogP contribution is -2.37. The summed E-state index contributed by atoms with van der Waals surface area (Å²) in [5.41, 5.74) is 1.18. The van der Waals surface area contributed by atoms with E-state index in [1.165, 1.54) is 5.56 Å². The highest BCUT2D eigenvalue weighted by Gasteiger charge is 2.26. The van der Waals surface area contributed by atoms with Crippen molar-refractivity contribution >= 4 is 0 Å². The van der Waals surface area contributed by atoms with Gasteiger partial charge in [-0.25, -0.2) is 0 Å². The Morgan fingerprint density at radius 3 is 3.00 bits per heavy atom. The van der Waals surface area contributed by atoms with Gasteiger partial charge in [-0.3, -0.25) is 4.98 Å². The molecule has 0 spiro atoms. The van der Waals surface area contributed by atoms with Crippen LogP contribution in [0, 0.1) is 0 Å².